The molecular formula is C18H15N7. The van der Waals surface area contributed by atoms with E-state index < -0.39 is 0 Å². The number of rotatable bonds is 4. The predicted molar refractivity (Wildman–Crippen MR) is 93.5 cm³/mol. The highest BCUT2D eigenvalue weighted by Crippen LogP contribution is 2.23. The van der Waals surface area contributed by atoms with Gasteiger partial charge in [0, 0.05) is 29.8 Å². The van der Waals surface area contributed by atoms with Gasteiger partial charge in [-0.05, 0) is 44.2 Å². The zero-order valence-corrected chi connectivity index (χ0v) is 14.1. The Morgan fingerprint density at radius 1 is 0.960 bits per heavy atom. The average molecular weight is 329 g/mol. The first-order valence-corrected chi connectivity index (χ1v) is 7.36. The lowest BCUT2D eigenvalue weighted by Crippen LogP contribution is -2.14. The van der Waals surface area contributed by atoms with Crippen LogP contribution in [0.1, 0.15) is 11.4 Å². The third-order valence-corrected chi connectivity index (χ3v) is 3.38. The summed E-state index contributed by atoms with van der Waals surface area (Å²) in [6.45, 7) is 3.83. The van der Waals surface area contributed by atoms with E-state index in [9.17, 15) is 0 Å². The highest BCUT2D eigenvalue weighted by Gasteiger charge is 2.10. The quantitative estimate of drug-likeness (QED) is 0.857. The summed E-state index contributed by atoms with van der Waals surface area (Å²) in [5.74, 6) is 0.590. The van der Waals surface area contributed by atoms with Gasteiger partial charge in [0.2, 0.25) is 5.95 Å². The Labute approximate surface area is 146 Å². The van der Waals surface area contributed by atoms with Gasteiger partial charge >= 0.3 is 0 Å². The average Bonchev–Trinajstić information content (AvgIpc) is 2.61. The number of aromatic nitrogens is 2. The van der Waals surface area contributed by atoms with Crippen LogP contribution in [0.3, 0.4) is 0 Å². The van der Waals surface area contributed by atoms with Gasteiger partial charge in [-0.15, -0.1) is 0 Å². The van der Waals surface area contributed by atoms with Crippen LogP contribution in [0.15, 0.2) is 41.6 Å². The van der Waals surface area contributed by atoms with Crippen LogP contribution in [-0.2, 0) is 0 Å². The van der Waals surface area contributed by atoms with Crippen molar-refractivity contribution in [3.8, 4) is 18.2 Å². The van der Waals surface area contributed by atoms with Crippen LogP contribution in [0.5, 0.6) is 0 Å². The second kappa shape index (κ2) is 7.59. The van der Waals surface area contributed by atoms with Crippen LogP contribution in [0, 0.1) is 47.8 Å². The van der Waals surface area contributed by atoms with Gasteiger partial charge in [0.05, 0.1) is 0 Å². The van der Waals surface area contributed by atoms with Crippen molar-refractivity contribution in [3.63, 3.8) is 0 Å². The summed E-state index contributed by atoms with van der Waals surface area (Å²) in [7, 11) is 1.86. The minimum Gasteiger partial charge on any atom is -0.345 e. The molecule has 0 spiro atoms. The van der Waals surface area contributed by atoms with Crippen LogP contribution < -0.4 is 10.2 Å². The van der Waals surface area contributed by atoms with Gasteiger partial charge in [0.25, 0.3) is 0 Å². The van der Waals surface area contributed by atoms with Gasteiger partial charge in [0.15, 0.2) is 5.57 Å². The Bertz CT molecular complexity index is 901. The Hall–Kier alpha value is -3.89. The summed E-state index contributed by atoms with van der Waals surface area (Å²) in [6, 6.07) is 14.3. The highest BCUT2D eigenvalue weighted by atomic mass is 15.2. The number of aryl methyl sites for hydroxylation is 2. The van der Waals surface area contributed by atoms with E-state index in [1.54, 1.807) is 24.3 Å². The van der Waals surface area contributed by atoms with E-state index in [1.165, 1.54) is 0 Å². The summed E-state index contributed by atoms with van der Waals surface area (Å²) in [6.07, 6.45) is 0. The van der Waals surface area contributed by atoms with E-state index in [0.29, 0.717) is 11.6 Å². The Morgan fingerprint density at radius 3 is 2.00 bits per heavy atom. The smallest absolute Gasteiger partial charge is 0.230 e. The number of anilines is 3. The van der Waals surface area contributed by atoms with Crippen LogP contribution in [0.2, 0.25) is 0 Å². The molecule has 0 radical (unpaired) electrons. The molecule has 0 atom stereocenters. The molecule has 0 aliphatic rings. The molecule has 2 aromatic rings. The van der Waals surface area contributed by atoms with Crippen LogP contribution in [0.4, 0.5) is 17.3 Å². The molecule has 1 aromatic carbocycles. The maximum atomic E-state index is 9.07. The van der Waals surface area contributed by atoms with E-state index in [1.807, 2.05) is 50.1 Å². The number of hydrogen-bond acceptors (Lipinski definition) is 7. The van der Waals surface area contributed by atoms with Crippen molar-refractivity contribution in [2.45, 2.75) is 13.8 Å². The lowest BCUT2D eigenvalue weighted by Gasteiger charge is -2.18. The molecule has 0 fully saturated rings. The van der Waals surface area contributed by atoms with Crippen LogP contribution >= 0.6 is 0 Å². The van der Waals surface area contributed by atoms with Crippen LogP contribution in [-0.4, -0.2) is 17.0 Å². The zero-order valence-electron chi connectivity index (χ0n) is 14.1. The Kier molecular flexibility index (Phi) is 5.30. The van der Waals surface area contributed by atoms with Gasteiger partial charge in [0.1, 0.15) is 23.9 Å². The first-order valence-electron chi connectivity index (χ1n) is 7.36. The largest absolute Gasteiger partial charge is 0.345 e. The molecule has 0 amide bonds. The molecule has 1 heterocycles. The first kappa shape index (κ1) is 17.5. The van der Waals surface area contributed by atoms with E-state index in [-0.39, 0.29) is 11.3 Å². The van der Waals surface area contributed by atoms with Gasteiger partial charge in [-0.1, -0.05) is 0 Å². The minimum atomic E-state index is -0.257. The predicted octanol–water partition coefficient (Wildman–Crippen LogP) is 3.10. The van der Waals surface area contributed by atoms with Gasteiger partial charge in [-0.3, -0.25) is 0 Å². The molecule has 0 saturated carbocycles. The Balaban J connectivity index is 2.26. The van der Waals surface area contributed by atoms with Crippen molar-refractivity contribution in [1.82, 2.24) is 9.97 Å². The minimum absolute atomic E-state index is 0.0799. The molecule has 1 aromatic heterocycles. The molecule has 25 heavy (non-hydrogen) atoms. The second-order valence-corrected chi connectivity index (χ2v) is 5.27. The maximum absolute atomic E-state index is 9.07. The zero-order chi connectivity index (χ0) is 18.4. The number of nitrogens with one attached hydrogen (secondary N) is 1. The van der Waals surface area contributed by atoms with E-state index in [4.69, 9.17) is 15.8 Å². The fourth-order valence-electron chi connectivity index (χ4n) is 2.17. The molecule has 0 aliphatic carbocycles. The molecule has 0 unspecified atom stereocenters. The number of benzene rings is 1. The van der Waals surface area contributed by atoms with Gasteiger partial charge in [-0.25, -0.2) is 9.97 Å². The van der Waals surface area contributed by atoms with E-state index in [0.717, 1.165) is 17.1 Å². The van der Waals surface area contributed by atoms with Gasteiger partial charge in [-0.2, -0.15) is 15.8 Å². The van der Waals surface area contributed by atoms with E-state index >= 15 is 0 Å². The SMILES string of the molecule is Cc1cc(C)nc(N(C)c2ccc(NC(C#N)=C(C#N)C#N)cc2)n1. The van der Waals surface area contributed by atoms with Crippen LogP contribution in [0.25, 0.3) is 0 Å². The fourth-order valence-corrected chi connectivity index (χ4v) is 2.17. The molecule has 0 aliphatic heterocycles. The van der Waals surface area contributed by atoms with Crippen molar-refractivity contribution >= 4 is 17.3 Å². The number of allylic oxidation sites excluding steroid dienone is 2. The standard InChI is InChI=1S/C18H15N7/c1-12-8-13(2)23-18(22-12)25(3)16-6-4-15(5-7-16)24-17(11-21)14(9-19)10-20/h4-8,24H,1-3H3. The van der Waals surface area contributed by atoms with Gasteiger partial charge < -0.3 is 10.2 Å². The number of nitriles is 3. The summed E-state index contributed by atoms with van der Waals surface area (Å²) in [4.78, 5) is 10.7. The van der Waals surface area contributed by atoms with Crippen molar-refractivity contribution in [2.75, 3.05) is 17.3 Å². The summed E-state index contributed by atoms with van der Waals surface area (Å²) in [5, 5.41) is 29.5. The molecule has 122 valence electrons. The third kappa shape index (κ3) is 4.10. The molecule has 1 N–H and O–H groups in total. The normalized spacial score (nSPS) is 9.28. The summed E-state index contributed by atoms with van der Waals surface area (Å²) < 4.78 is 0. The molecule has 0 saturated heterocycles. The molecule has 7 nitrogen and oxygen atoms in total. The summed E-state index contributed by atoms with van der Waals surface area (Å²) >= 11 is 0. The highest BCUT2D eigenvalue weighted by molar-refractivity contribution is 5.64. The lowest BCUT2D eigenvalue weighted by atomic mass is 10.2. The Morgan fingerprint density at radius 2 is 1.52 bits per heavy atom. The first-order chi connectivity index (χ1) is 12.0. The third-order valence-electron chi connectivity index (χ3n) is 3.38. The number of hydrogen-bond donors (Lipinski definition) is 1. The summed E-state index contributed by atoms with van der Waals surface area (Å²) in [5.41, 5.74) is 2.89. The van der Waals surface area contributed by atoms with Crippen molar-refractivity contribution in [2.24, 2.45) is 0 Å². The lowest BCUT2D eigenvalue weighted by molar-refractivity contribution is 0.987. The maximum Gasteiger partial charge on any atom is 0.230 e. The molecule has 0 bridgehead atoms. The fraction of sp³-hybridized carbons (Fsp3) is 0.167. The van der Waals surface area contributed by atoms with Crippen molar-refractivity contribution in [1.29, 1.82) is 15.8 Å². The number of nitrogens with zero attached hydrogens (tertiary/aromatic N) is 6. The second-order valence-electron chi connectivity index (χ2n) is 5.27. The van der Waals surface area contributed by atoms with Crippen molar-refractivity contribution in [3.05, 3.63) is 53.0 Å². The topological polar surface area (TPSA) is 112 Å². The van der Waals surface area contributed by atoms with Crippen molar-refractivity contribution < 1.29 is 0 Å². The monoisotopic (exact) mass is 329 g/mol. The molecule has 7 heteroatoms. The molecule has 2 rings (SSSR count). The molecular weight excluding hydrogens is 314 g/mol. The van der Waals surface area contributed by atoms with E-state index in [2.05, 4.69) is 15.3 Å².